The molecule has 4 heteroatoms. The minimum Gasteiger partial charge on any atom is -0.508 e. The number of hydrogen-bond acceptors (Lipinski definition) is 2. The Morgan fingerprint density at radius 1 is 1.07 bits per heavy atom. The van der Waals surface area contributed by atoms with Gasteiger partial charge in [0, 0.05) is 11.5 Å². The van der Waals surface area contributed by atoms with Gasteiger partial charge in [-0.1, -0.05) is 0 Å². The normalized spacial score (nSPS) is 10.7. The van der Waals surface area contributed by atoms with E-state index in [1.54, 1.807) is 0 Å². The number of phenols is 2. The van der Waals surface area contributed by atoms with Crippen LogP contribution in [0.5, 0.6) is 11.5 Å². The van der Waals surface area contributed by atoms with Gasteiger partial charge in [0.05, 0.1) is 4.47 Å². The zero-order valence-electron chi connectivity index (χ0n) is 6.96. The van der Waals surface area contributed by atoms with Crippen LogP contribution in [-0.4, -0.2) is 10.2 Å². The molecule has 2 aromatic carbocycles. The van der Waals surface area contributed by atoms with Gasteiger partial charge in [0.2, 0.25) is 0 Å². The lowest BCUT2D eigenvalue weighted by molar-refractivity contribution is 0.455. The molecule has 2 rings (SSSR count). The summed E-state index contributed by atoms with van der Waals surface area (Å²) in [6, 6.07) is 5.35. The number of phenolic OH excluding ortho intramolecular Hbond substituents is 2. The Bertz CT molecular complexity index is 511. The van der Waals surface area contributed by atoms with E-state index >= 15 is 0 Å². The molecule has 0 heterocycles. The molecule has 0 atom stereocenters. The molecule has 0 unspecified atom stereocenters. The minimum absolute atomic E-state index is 0.0477. The highest BCUT2D eigenvalue weighted by Gasteiger charge is 2.06. The first-order chi connectivity index (χ1) is 6.58. The molecule has 0 radical (unpaired) electrons. The average molecular weight is 257 g/mol. The van der Waals surface area contributed by atoms with E-state index in [1.165, 1.54) is 24.3 Å². The van der Waals surface area contributed by atoms with Gasteiger partial charge in [0.25, 0.3) is 0 Å². The number of aromatic hydroxyl groups is 2. The summed E-state index contributed by atoms with van der Waals surface area (Å²) < 4.78 is 13.4. The Morgan fingerprint density at radius 3 is 2.50 bits per heavy atom. The first-order valence-electron chi connectivity index (χ1n) is 3.88. The highest BCUT2D eigenvalue weighted by molar-refractivity contribution is 9.10. The maximum atomic E-state index is 13.1. The van der Waals surface area contributed by atoms with E-state index in [0.29, 0.717) is 15.2 Å². The number of benzene rings is 2. The molecule has 72 valence electrons. The van der Waals surface area contributed by atoms with E-state index in [1.807, 2.05) is 0 Å². The minimum atomic E-state index is -0.446. The van der Waals surface area contributed by atoms with Crippen molar-refractivity contribution in [1.29, 1.82) is 0 Å². The van der Waals surface area contributed by atoms with E-state index in [-0.39, 0.29) is 11.5 Å². The van der Waals surface area contributed by atoms with Crippen molar-refractivity contribution in [3.05, 3.63) is 34.6 Å². The summed E-state index contributed by atoms with van der Waals surface area (Å²) in [4.78, 5) is 0. The fourth-order valence-electron chi connectivity index (χ4n) is 1.32. The zero-order chi connectivity index (χ0) is 10.3. The molecule has 0 aromatic heterocycles. The second kappa shape index (κ2) is 3.13. The third-order valence-electron chi connectivity index (χ3n) is 1.96. The number of fused-ring (bicyclic) bond motifs is 1. The fraction of sp³-hybridized carbons (Fsp3) is 0. The molecule has 0 amide bonds. The van der Waals surface area contributed by atoms with Crippen molar-refractivity contribution >= 4 is 26.7 Å². The van der Waals surface area contributed by atoms with Gasteiger partial charge in [-0.25, -0.2) is 4.39 Å². The van der Waals surface area contributed by atoms with Gasteiger partial charge in [-0.05, 0) is 39.5 Å². The van der Waals surface area contributed by atoms with Crippen LogP contribution in [0.4, 0.5) is 4.39 Å². The van der Waals surface area contributed by atoms with Crippen molar-refractivity contribution < 1.29 is 14.6 Å². The molecule has 2 aromatic rings. The van der Waals surface area contributed by atoms with Crippen molar-refractivity contribution in [2.24, 2.45) is 0 Å². The second-order valence-electron chi connectivity index (χ2n) is 2.95. The summed E-state index contributed by atoms with van der Waals surface area (Å²) in [5.41, 5.74) is 0. The van der Waals surface area contributed by atoms with Gasteiger partial charge in [-0.2, -0.15) is 0 Å². The molecule has 0 aliphatic heterocycles. The van der Waals surface area contributed by atoms with Crippen LogP contribution in [0.25, 0.3) is 10.8 Å². The number of rotatable bonds is 0. The Kier molecular flexibility index (Phi) is 2.07. The van der Waals surface area contributed by atoms with Crippen LogP contribution in [0, 0.1) is 5.82 Å². The fourth-order valence-corrected chi connectivity index (χ4v) is 1.68. The summed E-state index contributed by atoms with van der Waals surface area (Å²) >= 11 is 3.03. The largest absolute Gasteiger partial charge is 0.508 e. The Morgan fingerprint density at radius 2 is 1.79 bits per heavy atom. The van der Waals surface area contributed by atoms with Crippen LogP contribution >= 0.6 is 15.9 Å². The van der Waals surface area contributed by atoms with Gasteiger partial charge < -0.3 is 10.2 Å². The van der Waals surface area contributed by atoms with Gasteiger partial charge in [0.15, 0.2) is 0 Å². The maximum absolute atomic E-state index is 13.1. The number of halogens is 2. The topological polar surface area (TPSA) is 40.5 Å². The molecular formula is C10H6BrFO2. The first kappa shape index (κ1) is 9.27. The van der Waals surface area contributed by atoms with Crippen LogP contribution in [0.1, 0.15) is 0 Å². The van der Waals surface area contributed by atoms with Crippen LogP contribution in [0.15, 0.2) is 28.7 Å². The molecule has 0 bridgehead atoms. The molecule has 0 saturated carbocycles. The smallest absolute Gasteiger partial charge is 0.138 e. The lowest BCUT2D eigenvalue weighted by Crippen LogP contribution is -1.80. The van der Waals surface area contributed by atoms with Crippen molar-refractivity contribution in [2.45, 2.75) is 0 Å². The summed E-state index contributed by atoms with van der Waals surface area (Å²) in [7, 11) is 0. The average Bonchev–Trinajstić information content (AvgIpc) is 2.08. The summed E-state index contributed by atoms with van der Waals surface area (Å²) in [5.74, 6) is -0.626. The van der Waals surface area contributed by atoms with Crippen LogP contribution in [0.3, 0.4) is 0 Å². The molecule has 0 aliphatic rings. The molecular weight excluding hydrogens is 251 g/mol. The Labute approximate surface area is 87.7 Å². The summed E-state index contributed by atoms with van der Waals surface area (Å²) in [6.45, 7) is 0. The molecule has 0 aliphatic carbocycles. The van der Waals surface area contributed by atoms with E-state index in [2.05, 4.69) is 15.9 Å². The Hall–Kier alpha value is -1.29. The summed E-state index contributed by atoms with van der Waals surface area (Å²) in [5, 5.41) is 19.6. The molecule has 0 spiro atoms. The van der Waals surface area contributed by atoms with Gasteiger partial charge in [-0.15, -0.1) is 0 Å². The zero-order valence-corrected chi connectivity index (χ0v) is 8.55. The first-order valence-corrected chi connectivity index (χ1v) is 4.68. The predicted molar refractivity (Wildman–Crippen MR) is 54.9 cm³/mol. The molecule has 0 fully saturated rings. The lowest BCUT2D eigenvalue weighted by Gasteiger charge is -2.03. The third-order valence-corrected chi connectivity index (χ3v) is 2.56. The standard InChI is InChI=1S/C10H6BrFO2/c11-8-2-5-1-6(13)3-10(14)7(5)4-9(8)12/h1-4,13-14H. The monoisotopic (exact) mass is 256 g/mol. The maximum Gasteiger partial charge on any atom is 0.138 e. The van der Waals surface area contributed by atoms with Gasteiger partial charge in [0.1, 0.15) is 17.3 Å². The van der Waals surface area contributed by atoms with E-state index in [0.717, 1.165) is 0 Å². The van der Waals surface area contributed by atoms with Crippen LogP contribution < -0.4 is 0 Å². The van der Waals surface area contributed by atoms with E-state index in [9.17, 15) is 14.6 Å². The second-order valence-corrected chi connectivity index (χ2v) is 3.81. The SMILES string of the molecule is Oc1cc(O)c2cc(F)c(Br)cc2c1. The van der Waals surface area contributed by atoms with E-state index < -0.39 is 5.82 Å². The molecule has 2 N–H and O–H groups in total. The quantitative estimate of drug-likeness (QED) is 0.761. The van der Waals surface area contributed by atoms with Crippen molar-refractivity contribution in [3.8, 4) is 11.5 Å². The molecule has 14 heavy (non-hydrogen) atoms. The predicted octanol–water partition coefficient (Wildman–Crippen LogP) is 3.15. The Balaban J connectivity index is 2.89. The molecule has 2 nitrogen and oxygen atoms in total. The van der Waals surface area contributed by atoms with E-state index in [4.69, 9.17) is 0 Å². The van der Waals surface area contributed by atoms with Crippen molar-refractivity contribution in [3.63, 3.8) is 0 Å². The highest BCUT2D eigenvalue weighted by Crippen LogP contribution is 2.32. The highest BCUT2D eigenvalue weighted by atomic mass is 79.9. The van der Waals surface area contributed by atoms with Crippen molar-refractivity contribution in [1.82, 2.24) is 0 Å². The van der Waals surface area contributed by atoms with Gasteiger partial charge >= 0.3 is 0 Å². The van der Waals surface area contributed by atoms with Crippen LogP contribution in [-0.2, 0) is 0 Å². The van der Waals surface area contributed by atoms with Crippen LogP contribution in [0.2, 0.25) is 0 Å². The molecule has 0 saturated heterocycles. The van der Waals surface area contributed by atoms with Crippen molar-refractivity contribution in [2.75, 3.05) is 0 Å². The van der Waals surface area contributed by atoms with Gasteiger partial charge in [-0.3, -0.25) is 0 Å². The summed E-state index contributed by atoms with van der Waals surface area (Å²) in [6.07, 6.45) is 0. The lowest BCUT2D eigenvalue weighted by atomic mass is 10.1. The third kappa shape index (κ3) is 1.42. The number of hydrogen-bond donors (Lipinski definition) is 2.